The summed E-state index contributed by atoms with van der Waals surface area (Å²) in [6, 6.07) is 6.84. The van der Waals surface area contributed by atoms with E-state index in [1.807, 2.05) is 0 Å². The van der Waals surface area contributed by atoms with Gasteiger partial charge in [0, 0.05) is 17.8 Å². The van der Waals surface area contributed by atoms with Crippen molar-refractivity contribution in [2.45, 2.75) is 0 Å². The fourth-order valence-corrected chi connectivity index (χ4v) is 2.28. The molecule has 0 amide bonds. The van der Waals surface area contributed by atoms with Crippen LogP contribution in [0.4, 0.5) is 0 Å². The fraction of sp³-hybridized carbons (Fsp3) is 0.0714. The van der Waals surface area contributed by atoms with Crippen LogP contribution in [0.1, 0.15) is 10.4 Å². The van der Waals surface area contributed by atoms with Crippen molar-refractivity contribution in [3.8, 4) is 11.4 Å². The molecule has 2 aromatic heterocycles. The highest BCUT2D eigenvalue weighted by atomic mass is 35.5. The van der Waals surface area contributed by atoms with Crippen LogP contribution in [0.3, 0.4) is 0 Å². The highest BCUT2D eigenvalue weighted by molar-refractivity contribution is 6.33. The van der Waals surface area contributed by atoms with Gasteiger partial charge in [-0.05, 0) is 18.2 Å². The Morgan fingerprint density at radius 2 is 2.24 bits per heavy atom. The molecular formula is C14H10ClN3O3. The van der Waals surface area contributed by atoms with Crippen LogP contribution in [0, 0.1) is 0 Å². The summed E-state index contributed by atoms with van der Waals surface area (Å²) in [5, 5.41) is 14.3. The van der Waals surface area contributed by atoms with E-state index < -0.39 is 5.97 Å². The maximum atomic E-state index is 11.0. The minimum absolute atomic E-state index is 0.110. The van der Waals surface area contributed by atoms with Gasteiger partial charge in [0.1, 0.15) is 10.8 Å². The number of methoxy groups -OCH3 is 1. The lowest BCUT2D eigenvalue weighted by Gasteiger charge is -2.07. The number of aromatic nitrogens is 3. The van der Waals surface area contributed by atoms with Gasteiger partial charge in [0.05, 0.1) is 18.4 Å². The van der Waals surface area contributed by atoms with Gasteiger partial charge in [-0.2, -0.15) is 0 Å². The quantitative estimate of drug-likeness (QED) is 0.805. The Balaban J connectivity index is 2.15. The van der Waals surface area contributed by atoms with E-state index in [4.69, 9.17) is 21.4 Å². The van der Waals surface area contributed by atoms with Crippen molar-refractivity contribution < 1.29 is 14.6 Å². The van der Waals surface area contributed by atoms with Crippen molar-refractivity contribution >= 4 is 28.6 Å². The molecule has 0 fully saturated rings. The number of fused-ring (bicyclic) bond motifs is 1. The molecular weight excluding hydrogens is 294 g/mol. The molecule has 21 heavy (non-hydrogen) atoms. The van der Waals surface area contributed by atoms with Crippen LogP contribution in [0.2, 0.25) is 5.02 Å². The second-order valence-electron chi connectivity index (χ2n) is 4.31. The van der Waals surface area contributed by atoms with E-state index in [0.717, 1.165) is 0 Å². The first-order valence-electron chi connectivity index (χ1n) is 6.02. The summed E-state index contributed by atoms with van der Waals surface area (Å²) in [4.78, 5) is 15.0. The maximum Gasteiger partial charge on any atom is 0.337 e. The summed E-state index contributed by atoms with van der Waals surface area (Å²) in [7, 11) is 1.53. The van der Waals surface area contributed by atoms with Crippen molar-refractivity contribution in [2.75, 3.05) is 7.11 Å². The summed E-state index contributed by atoms with van der Waals surface area (Å²) in [6.45, 7) is 0. The molecule has 7 heteroatoms. The Morgan fingerprint density at radius 3 is 2.95 bits per heavy atom. The molecule has 0 spiro atoms. The standard InChI is InChI=1S/C14H10ClN3O3/c1-21-11-4-2-3-10(12(11)15)18-7-9-5-8(14(19)20)6-16-13(9)17-18/h2-7H,1H3,(H,19,20). The molecule has 2 heterocycles. The van der Waals surface area contributed by atoms with Gasteiger partial charge < -0.3 is 9.84 Å². The van der Waals surface area contributed by atoms with Gasteiger partial charge in [0.25, 0.3) is 0 Å². The molecule has 0 aliphatic rings. The molecule has 106 valence electrons. The molecule has 0 aliphatic heterocycles. The number of hydrogen-bond acceptors (Lipinski definition) is 4. The number of aromatic carboxylic acids is 1. The second kappa shape index (κ2) is 5.06. The first-order chi connectivity index (χ1) is 10.1. The molecule has 3 rings (SSSR count). The van der Waals surface area contributed by atoms with Crippen molar-refractivity contribution in [1.29, 1.82) is 0 Å². The number of hydrogen-bond donors (Lipinski definition) is 1. The highest BCUT2D eigenvalue weighted by Gasteiger charge is 2.12. The lowest BCUT2D eigenvalue weighted by atomic mass is 10.2. The minimum atomic E-state index is -1.03. The smallest absolute Gasteiger partial charge is 0.337 e. The van der Waals surface area contributed by atoms with E-state index in [2.05, 4.69) is 10.1 Å². The van der Waals surface area contributed by atoms with Gasteiger partial charge in [-0.3, -0.25) is 0 Å². The van der Waals surface area contributed by atoms with Crippen molar-refractivity contribution in [1.82, 2.24) is 14.8 Å². The SMILES string of the molecule is COc1cccc(-n2cc3cc(C(=O)O)cnc3n2)c1Cl. The Kier molecular flexibility index (Phi) is 3.23. The monoisotopic (exact) mass is 303 g/mol. The largest absolute Gasteiger partial charge is 0.495 e. The average molecular weight is 304 g/mol. The van der Waals surface area contributed by atoms with Crippen LogP contribution in [-0.2, 0) is 0 Å². The Hall–Kier alpha value is -2.60. The van der Waals surface area contributed by atoms with Gasteiger partial charge in [-0.25, -0.2) is 14.5 Å². The van der Waals surface area contributed by atoms with Gasteiger partial charge in [-0.15, -0.1) is 5.10 Å². The number of carbonyl (C=O) groups is 1. The molecule has 0 saturated heterocycles. The number of pyridine rings is 1. The zero-order chi connectivity index (χ0) is 15.0. The van der Waals surface area contributed by atoms with Crippen LogP contribution in [-0.4, -0.2) is 33.0 Å². The third kappa shape index (κ3) is 2.30. The van der Waals surface area contributed by atoms with Gasteiger partial charge in [-0.1, -0.05) is 17.7 Å². The van der Waals surface area contributed by atoms with Gasteiger partial charge >= 0.3 is 5.97 Å². The summed E-state index contributed by atoms with van der Waals surface area (Å²) in [6.07, 6.45) is 2.95. The Labute approximate surface area is 124 Å². The Morgan fingerprint density at radius 1 is 1.43 bits per heavy atom. The second-order valence-corrected chi connectivity index (χ2v) is 4.69. The number of benzene rings is 1. The molecule has 0 atom stereocenters. The van der Waals surface area contributed by atoms with E-state index >= 15 is 0 Å². The average Bonchev–Trinajstić information content (AvgIpc) is 2.90. The normalized spacial score (nSPS) is 10.8. The molecule has 1 N–H and O–H groups in total. The van der Waals surface area contributed by atoms with E-state index in [1.165, 1.54) is 19.4 Å². The number of ether oxygens (including phenoxy) is 1. The number of halogens is 1. The fourth-order valence-electron chi connectivity index (χ4n) is 1.99. The number of carboxylic acid groups (broad SMARTS) is 1. The molecule has 0 saturated carbocycles. The third-order valence-electron chi connectivity index (χ3n) is 3.02. The maximum absolute atomic E-state index is 11.0. The topological polar surface area (TPSA) is 77.2 Å². The van der Waals surface area contributed by atoms with Crippen molar-refractivity contribution in [3.05, 3.63) is 47.2 Å². The van der Waals surface area contributed by atoms with Crippen molar-refractivity contribution in [2.24, 2.45) is 0 Å². The molecule has 6 nitrogen and oxygen atoms in total. The van der Waals surface area contributed by atoms with Crippen LogP contribution in [0.15, 0.2) is 36.7 Å². The van der Waals surface area contributed by atoms with Gasteiger partial charge in [0.15, 0.2) is 5.65 Å². The van der Waals surface area contributed by atoms with Crippen LogP contribution in [0.5, 0.6) is 5.75 Å². The van der Waals surface area contributed by atoms with E-state index in [9.17, 15) is 4.79 Å². The summed E-state index contributed by atoms with van der Waals surface area (Å²) in [5.41, 5.74) is 1.18. The first-order valence-corrected chi connectivity index (χ1v) is 6.39. The molecule has 0 aliphatic carbocycles. The summed E-state index contributed by atoms with van der Waals surface area (Å²) >= 11 is 6.25. The predicted molar refractivity (Wildman–Crippen MR) is 77.4 cm³/mol. The lowest BCUT2D eigenvalue weighted by molar-refractivity contribution is 0.0696. The minimum Gasteiger partial charge on any atom is -0.495 e. The molecule has 0 bridgehead atoms. The van der Waals surface area contributed by atoms with Crippen LogP contribution < -0.4 is 4.74 Å². The lowest BCUT2D eigenvalue weighted by Crippen LogP contribution is -1.97. The summed E-state index contributed by atoms with van der Waals surface area (Å²) < 4.78 is 6.72. The number of nitrogens with zero attached hydrogens (tertiary/aromatic N) is 3. The van der Waals surface area contributed by atoms with E-state index in [1.54, 1.807) is 29.1 Å². The third-order valence-corrected chi connectivity index (χ3v) is 3.40. The molecule has 0 radical (unpaired) electrons. The van der Waals surface area contributed by atoms with Crippen molar-refractivity contribution in [3.63, 3.8) is 0 Å². The molecule has 3 aromatic rings. The van der Waals surface area contributed by atoms with Crippen LogP contribution in [0.25, 0.3) is 16.7 Å². The first kappa shape index (κ1) is 13.4. The van der Waals surface area contributed by atoms with Gasteiger partial charge in [0.2, 0.25) is 0 Å². The molecule has 0 unspecified atom stereocenters. The number of carboxylic acids is 1. The number of rotatable bonds is 3. The van der Waals surface area contributed by atoms with Crippen LogP contribution >= 0.6 is 11.6 Å². The highest BCUT2D eigenvalue weighted by Crippen LogP contribution is 2.30. The zero-order valence-electron chi connectivity index (χ0n) is 10.9. The Bertz CT molecular complexity index is 845. The predicted octanol–water partition coefficient (Wildman–Crippen LogP) is 2.78. The zero-order valence-corrected chi connectivity index (χ0v) is 11.7. The molecule has 1 aromatic carbocycles. The van der Waals surface area contributed by atoms with E-state index in [-0.39, 0.29) is 5.56 Å². The summed E-state index contributed by atoms with van der Waals surface area (Å²) in [5.74, 6) is -0.496. The van der Waals surface area contributed by atoms with E-state index in [0.29, 0.717) is 27.5 Å².